The molecule has 2 aromatic heterocycles. The van der Waals surface area contributed by atoms with Crippen LogP contribution in [0, 0.1) is 0 Å². The molecule has 0 fully saturated rings. The maximum absolute atomic E-state index is 12.5. The third-order valence-electron chi connectivity index (χ3n) is 4.07. The largest absolute Gasteiger partial charge is 0.459 e. The maximum Gasteiger partial charge on any atom is 0.283 e. The number of carbonyl (C=O) groups excluding carboxylic acids is 1. The van der Waals surface area contributed by atoms with Gasteiger partial charge < -0.3 is 14.2 Å². The van der Waals surface area contributed by atoms with Crippen molar-refractivity contribution in [1.82, 2.24) is 10.2 Å². The smallest absolute Gasteiger partial charge is 0.283 e. The molecule has 4 rings (SSSR count). The first-order valence-electron chi connectivity index (χ1n) is 8.49. The highest BCUT2D eigenvalue weighted by Gasteiger charge is 2.14. The second-order valence-electron chi connectivity index (χ2n) is 6.22. The lowest BCUT2D eigenvalue weighted by molar-refractivity contribution is 0.102. The molecule has 2 aromatic carbocycles. The van der Waals surface area contributed by atoms with E-state index in [1.165, 1.54) is 30.5 Å². The molecule has 0 aliphatic carbocycles. The number of rotatable bonds is 5. The van der Waals surface area contributed by atoms with Gasteiger partial charge in [0.1, 0.15) is 0 Å². The number of anilines is 1. The van der Waals surface area contributed by atoms with Gasteiger partial charge >= 0.3 is 0 Å². The molecule has 0 saturated carbocycles. The molecule has 0 radical (unpaired) electrons. The van der Waals surface area contributed by atoms with Crippen LogP contribution >= 0.6 is 0 Å². The van der Waals surface area contributed by atoms with Crippen LogP contribution in [0.2, 0.25) is 0 Å². The summed E-state index contributed by atoms with van der Waals surface area (Å²) in [5, 5.41) is 10.7. The molecular weight excluding hydrogens is 394 g/mol. The van der Waals surface area contributed by atoms with Gasteiger partial charge in [-0.25, -0.2) is 8.42 Å². The second kappa shape index (κ2) is 7.36. The quantitative estimate of drug-likeness (QED) is 0.535. The van der Waals surface area contributed by atoms with E-state index in [2.05, 4.69) is 15.5 Å². The highest BCUT2D eigenvalue weighted by molar-refractivity contribution is 7.90. The number of hydrogen-bond acceptors (Lipinski definition) is 7. The van der Waals surface area contributed by atoms with E-state index >= 15 is 0 Å². The zero-order chi connectivity index (χ0) is 20.4. The monoisotopic (exact) mass is 409 g/mol. The van der Waals surface area contributed by atoms with Gasteiger partial charge in [-0.15, -0.1) is 10.2 Å². The summed E-state index contributed by atoms with van der Waals surface area (Å²) in [5.74, 6) is 0.630. The first-order chi connectivity index (χ1) is 13.9. The van der Waals surface area contributed by atoms with Crippen molar-refractivity contribution < 1.29 is 22.0 Å². The Morgan fingerprint density at radius 3 is 2.41 bits per heavy atom. The van der Waals surface area contributed by atoms with Gasteiger partial charge in [-0.1, -0.05) is 6.07 Å². The van der Waals surface area contributed by atoms with Crippen LogP contribution in [0.5, 0.6) is 0 Å². The number of benzene rings is 2. The molecule has 0 aliphatic heterocycles. The first-order valence-corrected chi connectivity index (χ1v) is 10.4. The van der Waals surface area contributed by atoms with E-state index in [-0.39, 0.29) is 22.6 Å². The number of sulfone groups is 1. The Bertz CT molecular complexity index is 1260. The van der Waals surface area contributed by atoms with Gasteiger partial charge in [0, 0.05) is 23.1 Å². The zero-order valence-electron chi connectivity index (χ0n) is 15.2. The highest BCUT2D eigenvalue weighted by atomic mass is 32.2. The summed E-state index contributed by atoms with van der Waals surface area (Å²) in [5.41, 5.74) is 1.48. The van der Waals surface area contributed by atoms with Gasteiger partial charge in [-0.05, 0) is 54.6 Å². The number of carbonyl (C=O) groups is 1. The van der Waals surface area contributed by atoms with Crippen LogP contribution in [0.4, 0.5) is 5.69 Å². The van der Waals surface area contributed by atoms with Crippen molar-refractivity contribution in [2.75, 3.05) is 11.6 Å². The standard InChI is InChI=1S/C20H15N3O5S/c1-29(25,26)16-9-7-13(8-10-16)18(24)21-15-5-2-4-14(12-15)19-22-23-20(28-19)17-6-3-11-27-17/h2-12H,1H3,(H,21,24). The minimum Gasteiger partial charge on any atom is -0.459 e. The molecule has 4 aromatic rings. The van der Waals surface area contributed by atoms with Crippen molar-refractivity contribution in [3.8, 4) is 23.1 Å². The summed E-state index contributed by atoms with van der Waals surface area (Å²) in [4.78, 5) is 12.6. The molecule has 0 bridgehead atoms. The van der Waals surface area contributed by atoms with Crippen LogP contribution in [0.15, 0.2) is 80.7 Å². The lowest BCUT2D eigenvalue weighted by atomic mass is 10.1. The summed E-state index contributed by atoms with van der Waals surface area (Å²) >= 11 is 0. The Morgan fingerprint density at radius 1 is 0.966 bits per heavy atom. The predicted octanol–water partition coefficient (Wildman–Crippen LogP) is 3.65. The molecule has 0 atom stereocenters. The number of aromatic nitrogens is 2. The van der Waals surface area contributed by atoms with Crippen molar-refractivity contribution in [3.05, 3.63) is 72.5 Å². The SMILES string of the molecule is CS(=O)(=O)c1ccc(C(=O)Nc2cccc(-c3nnc(-c4ccco4)o3)c2)cc1. The molecule has 0 unspecified atom stereocenters. The van der Waals surface area contributed by atoms with E-state index in [0.29, 0.717) is 22.6 Å². The van der Waals surface area contributed by atoms with E-state index in [9.17, 15) is 13.2 Å². The van der Waals surface area contributed by atoms with Crippen molar-refractivity contribution in [1.29, 1.82) is 0 Å². The molecule has 29 heavy (non-hydrogen) atoms. The fourth-order valence-electron chi connectivity index (χ4n) is 2.63. The van der Waals surface area contributed by atoms with Crippen molar-refractivity contribution in [2.45, 2.75) is 4.90 Å². The topological polar surface area (TPSA) is 115 Å². The Hall–Kier alpha value is -3.72. The second-order valence-corrected chi connectivity index (χ2v) is 8.24. The minimum absolute atomic E-state index is 0.153. The molecule has 0 spiro atoms. The van der Waals surface area contributed by atoms with E-state index in [4.69, 9.17) is 8.83 Å². The van der Waals surface area contributed by atoms with Gasteiger partial charge in [-0.3, -0.25) is 4.79 Å². The number of furan rings is 1. The van der Waals surface area contributed by atoms with Gasteiger partial charge in [-0.2, -0.15) is 0 Å². The van der Waals surface area contributed by atoms with Gasteiger partial charge in [0.25, 0.3) is 11.8 Å². The van der Waals surface area contributed by atoms with Crippen LogP contribution in [0.1, 0.15) is 10.4 Å². The molecule has 1 amide bonds. The Balaban J connectivity index is 1.52. The summed E-state index contributed by atoms with van der Waals surface area (Å²) in [7, 11) is -3.32. The zero-order valence-corrected chi connectivity index (χ0v) is 16.0. The molecule has 0 saturated heterocycles. The Morgan fingerprint density at radius 2 is 1.72 bits per heavy atom. The molecule has 146 valence electrons. The van der Waals surface area contributed by atoms with E-state index in [0.717, 1.165) is 6.26 Å². The van der Waals surface area contributed by atoms with E-state index in [1.54, 1.807) is 36.4 Å². The van der Waals surface area contributed by atoms with Crippen molar-refractivity contribution in [2.24, 2.45) is 0 Å². The maximum atomic E-state index is 12.5. The van der Waals surface area contributed by atoms with Crippen molar-refractivity contribution in [3.63, 3.8) is 0 Å². The molecule has 1 N–H and O–H groups in total. The molecular formula is C20H15N3O5S. The lowest BCUT2D eigenvalue weighted by Crippen LogP contribution is -2.12. The van der Waals surface area contributed by atoms with E-state index in [1.807, 2.05) is 0 Å². The van der Waals surface area contributed by atoms with Crippen LogP contribution in [0.25, 0.3) is 23.1 Å². The summed E-state index contributed by atoms with van der Waals surface area (Å²) in [6, 6.07) is 16.1. The fraction of sp³-hybridized carbons (Fsp3) is 0.0500. The average molecular weight is 409 g/mol. The normalized spacial score (nSPS) is 11.3. The number of nitrogens with zero attached hydrogens (tertiary/aromatic N) is 2. The average Bonchev–Trinajstić information content (AvgIpc) is 3.39. The highest BCUT2D eigenvalue weighted by Crippen LogP contribution is 2.26. The summed E-state index contributed by atoms with van der Waals surface area (Å²) in [6.45, 7) is 0. The Labute approximate surface area is 166 Å². The third-order valence-corrected chi connectivity index (χ3v) is 5.20. The van der Waals surface area contributed by atoms with Gasteiger partial charge in [0.15, 0.2) is 15.6 Å². The lowest BCUT2D eigenvalue weighted by Gasteiger charge is -2.07. The van der Waals surface area contributed by atoms with Crippen LogP contribution in [-0.4, -0.2) is 30.8 Å². The number of hydrogen-bond donors (Lipinski definition) is 1. The summed E-state index contributed by atoms with van der Waals surface area (Å²) in [6.07, 6.45) is 2.63. The number of amides is 1. The Kier molecular flexibility index (Phi) is 4.73. The minimum atomic E-state index is -3.32. The first kappa shape index (κ1) is 18.6. The predicted molar refractivity (Wildman–Crippen MR) is 105 cm³/mol. The van der Waals surface area contributed by atoms with Gasteiger partial charge in [0.05, 0.1) is 11.2 Å². The van der Waals surface area contributed by atoms with Crippen LogP contribution in [-0.2, 0) is 9.84 Å². The number of nitrogens with one attached hydrogen (secondary N) is 1. The molecule has 0 aliphatic rings. The van der Waals surface area contributed by atoms with E-state index < -0.39 is 9.84 Å². The van der Waals surface area contributed by atoms with Crippen LogP contribution < -0.4 is 5.32 Å². The fourth-order valence-corrected chi connectivity index (χ4v) is 3.26. The molecule has 2 heterocycles. The van der Waals surface area contributed by atoms with Crippen LogP contribution in [0.3, 0.4) is 0 Å². The molecule has 9 heteroatoms. The molecule has 8 nitrogen and oxygen atoms in total. The van der Waals surface area contributed by atoms with Crippen molar-refractivity contribution >= 4 is 21.4 Å². The summed E-state index contributed by atoms with van der Waals surface area (Å²) < 4.78 is 33.9. The van der Waals surface area contributed by atoms with Gasteiger partial charge in [0.2, 0.25) is 5.89 Å². The third kappa shape index (κ3) is 4.09.